The molecule has 0 bridgehead atoms. The van der Waals surface area contributed by atoms with Crippen LogP contribution in [0.25, 0.3) is 0 Å². The molecule has 7 heteroatoms. The second kappa shape index (κ2) is 8.44. The number of carbonyl (C=O) groups excluding carboxylic acids is 2. The summed E-state index contributed by atoms with van der Waals surface area (Å²) in [6.07, 6.45) is 0.895. The van der Waals surface area contributed by atoms with E-state index in [1.54, 1.807) is 13.8 Å². The van der Waals surface area contributed by atoms with Crippen LogP contribution in [0.4, 0.5) is 0 Å². The van der Waals surface area contributed by atoms with Gasteiger partial charge in [-0.15, -0.1) is 0 Å². The fraction of sp³-hybridized carbons (Fsp3) is 0.867. The lowest BCUT2D eigenvalue weighted by atomic mass is 9.38. The van der Waals surface area contributed by atoms with E-state index in [9.17, 15) is 35.1 Å². The van der Waals surface area contributed by atoms with E-state index in [4.69, 9.17) is 0 Å². The fourth-order valence-corrected chi connectivity index (χ4v) is 9.40. The molecule has 4 aliphatic carbocycles. The highest BCUT2D eigenvalue weighted by Crippen LogP contribution is 2.74. The van der Waals surface area contributed by atoms with Gasteiger partial charge < -0.3 is 25.5 Å². The number of rotatable bonds is 5. The average molecular weight is 521 g/mol. The van der Waals surface area contributed by atoms with E-state index in [0.717, 1.165) is 5.57 Å². The highest BCUT2D eigenvalue weighted by molar-refractivity contribution is 5.90. The zero-order valence-electron chi connectivity index (χ0n) is 23.8. The van der Waals surface area contributed by atoms with Crippen LogP contribution < -0.4 is 0 Å². The topological polar surface area (TPSA) is 135 Å². The monoisotopic (exact) mass is 520 g/mol. The lowest BCUT2D eigenvalue weighted by Crippen LogP contribution is -2.65. The molecule has 0 radical (unpaired) electrons. The highest BCUT2D eigenvalue weighted by atomic mass is 16.3. The minimum absolute atomic E-state index is 0.0227. The number of hydrogen-bond acceptors (Lipinski definition) is 7. The Bertz CT molecular complexity index is 1010. The number of aliphatic hydroxyl groups excluding tert-OH is 3. The number of Topliss-reactive ketones (excluding diaryl/α,β-unsaturated/α-hetero) is 2. The van der Waals surface area contributed by atoms with Gasteiger partial charge in [-0.25, -0.2) is 0 Å². The van der Waals surface area contributed by atoms with Crippen LogP contribution in [0.5, 0.6) is 0 Å². The molecule has 37 heavy (non-hydrogen) atoms. The number of ketones is 2. The third-order valence-electron chi connectivity index (χ3n) is 11.8. The Morgan fingerprint density at radius 3 is 2.16 bits per heavy atom. The van der Waals surface area contributed by atoms with Crippen molar-refractivity contribution in [1.29, 1.82) is 0 Å². The van der Waals surface area contributed by atoms with E-state index in [1.165, 1.54) is 6.92 Å². The molecule has 0 aromatic carbocycles. The van der Waals surface area contributed by atoms with Gasteiger partial charge in [-0.2, -0.15) is 0 Å². The van der Waals surface area contributed by atoms with Gasteiger partial charge in [0, 0.05) is 29.6 Å². The van der Waals surface area contributed by atoms with E-state index < -0.39 is 62.9 Å². The van der Waals surface area contributed by atoms with Gasteiger partial charge in [-0.05, 0) is 69.1 Å². The van der Waals surface area contributed by atoms with Crippen molar-refractivity contribution >= 4 is 11.6 Å². The Hall–Kier alpha value is -1.12. The molecule has 0 aromatic rings. The molecule has 0 heterocycles. The molecule has 0 aliphatic heterocycles. The van der Waals surface area contributed by atoms with Gasteiger partial charge in [0.2, 0.25) is 0 Å². The molecule has 3 fully saturated rings. The Morgan fingerprint density at radius 1 is 1.00 bits per heavy atom. The molecule has 4 aliphatic rings. The summed E-state index contributed by atoms with van der Waals surface area (Å²) in [5.41, 5.74) is -4.71. The number of fused-ring (bicyclic) bond motifs is 5. The number of aliphatic hydroxyl groups is 5. The van der Waals surface area contributed by atoms with Gasteiger partial charge in [0.05, 0.1) is 23.9 Å². The lowest BCUT2D eigenvalue weighted by molar-refractivity contribution is -0.188. The molecule has 5 N–H and O–H groups in total. The van der Waals surface area contributed by atoms with Gasteiger partial charge in [-0.3, -0.25) is 9.59 Å². The highest BCUT2D eigenvalue weighted by Gasteiger charge is 2.74. The van der Waals surface area contributed by atoms with Crippen molar-refractivity contribution in [2.24, 2.45) is 39.4 Å². The smallest absolute Gasteiger partial charge is 0.164 e. The Kier molecular flexibility index (Phi) is 6.59. The first kappa shape index (κ1) is 28.9. The van der Waals surface area contributed by atoms with Gasteiger partial charge in [0.1, 0.15) is 11.4 Å². The van der Waals surface area contributed by atoms with Crippen LogP contribution >= 0.6 is 0 Å². The SMILES string of the molecule is CC(C)(O)CCC(=O)[C@](C)(O)[C@@H]1[C@H](O)C[C@@]2(C)[C@H]3CC=C4[C@H](C[C@H](O)[C@@H](O)C4(C)C)[C@]3(C)C(=O)C[C@]12C. The van der Waals surface area contributed by atoms with E-state index in [2.05, 4.69) is 13.0 Å². The zero-order valence-corrected chi connectivity index (χ0v) is 23.8. The summed E-state index contributed by atoms with van der Waals surface area (Å²) in [5, 5.41) is 54.8. The number of carbonyl (C=O) groups is 2. The molecule has 4 rings (SSSR count). The first-order valence-electron chi connectivity index (χ1n) is 13.9. The molecule has 0 aromatic heterocycles. The van der Waals surface area contributed by atoms with E-state index in [1.807, 2.05) is 27.7 Å². The van der Waals surface area contributed by atoms with Crippen LogP contribution in [-0.4, -0.2) is 66.6 Å². The first-order valence-corrected chi connectivity index (χ1v) is 13.9. The summed E-state index contributed by atoms with van der Waals surface area (Å²) in [4.78, 5) is 27.5. The molecule has 7 nitrogen and oxygen atoms in total. The molecule has 0 unspecified atom stereocenters. The predicted molar refractivity (Wildman–Crippen MR) is 139 cm³/mol. The van der Waals surface area contributed by atoms with Crippen molar-refractivity contribution in [1.82, 2.24) is 0 Å². The summed E-state index contributed by atoms with van der Waals surface area (Å²) in [6.45, 7) is 14.6. The molecular weight excluding hydrogens is 472 g/mol. The average Bonchev–Trinajstić information content (AvgIpc) is 2.96. The molecule has 0 saturated heterocycles. The van der Waals surface area contributed by atoms with Crippen molar-refractivity contribution in [3.63, 3.8) is 0 Å². The van der Waals surface area contributed by atoms with Crippen molar-refractivity contribution in [3.8, 4) is 0 Å². The van der Waals surface area contributed by atoms with Crippen LogP contribution in [0.2, 0.25) is 0 Å². The maximum Gasteiger partial charge on any atom is 0.164 e. The maximum absolute atomic E-state index is 14.2. The lowest BCUT2D eigenvalue weighted by Gasteiger charge is -2.65. The summed E-state index contributed by atoms with van der Waals surface area (Å²) in [5.74, 6) is -1.60. The summed E-state index contributed by atoms with van der Waals surface area (Å²) < 4.78 is 0. The molecule has 210 valence electrons. The van der Waals surface area contributed by atoms with Crippen molar-refractivity contribution in [2.45, 2.75) is 123 Å². The molecule has 3 saturated carbocycles. The van der Waals surface area contributed by atoms with E-state index in [-0.39, 0.29) is 36.9 Å². The number of allylic oxidation sites excluding steroid dienone is 1. The second-order valence-electron chi connectivity index (χ2n) is 14.8. The minimum Gasteiger partial charge on any atom is -0.393 e. The summed E-state index contributed by atoms with van der Waals surface area (Å²) >= 11 is 0. The molecule has 0 spiro atoms. The Labute approximate surface area is 221 Å². The fourth-order valence-electron chi connectivity index (χ4n) is 9.40. The van der Waals surface area contributed by atoms with Gasteiger partial charge >= 0.3 is 0 Å². The third-order valence-corrected chi connectivity index (χ3v) is 11.8. The van der Waals surface area contributed by atoms with Crippen molar-refractivity contribution in [2.75, 3.05) is 0 Å². The maximum atomic E-state index is 14.2. The van der Waals surface area contributed by atoms with Crippen LogP contribution in [-0.2, 0) is 9.59 Å². The van der Waals surface area contributed by atoms with E-state index >= 15 is 0 Å². The minimum atomic E-state index is -1.85. The van der Waals surface area contributed by atoms with Gasteiger partial charge in [0.25, 0.3) is 0 Å². The van der Waals surface area contributed by atoms with Crippen molar-refractivity contribution in [3.05, 3.63) is 11.6 Å². The molecule has 0 amide bonds. The summed E-state index contributed by atoms with van der Waals surface area (Å²) in [7, 11) is 0. The van der Waals surface area contributed by atoms with Crippen LogP contribution in [0.15, 0.2) is 11.6 Å². The predicted octanol–water partition coefficient (Wildman–Crippen LogP) is 2.94. The van der Waals surface area contributed by atoms with Crippen LogP contribution in [0.3, 0.4) is 0 Å². The third kappa shape index (κ3) is 3.86. The van der Waals surface area contributed by atoms with Crippen molar-refractivity contribution < 1.29 is 35.1 Å². The molecular formula is C30H48O7. The van der Waals surface area contributed by atoms with Crippen LogP contribution in [0, 0.1) is 39.4 Å². The quantitative estimate of drug-likeness (QED) is 0.352. The van der Waals surface area contributed by atoms with E-state index in [0.29, 0.717) is 19.3 Å². The first-order chi connectivity index (χ1) is 16.7. The van der Waals surface area contributed by atoms with Crippen LogP contribution in [0.1, 0.15) is 93.9 Å². The second-order valence-corrected chi connectivity index (χ2v) is 14.8. The van der Waals surface area contributed by atoms with Gasteiger partial charge in [0.15, 0.2) is 5.78 Å². The largest absolute Gasteiger partial charge is 0.393 e. The standard InChI is InChI=1S/C30H48O7/c1-25(2,36)12-11-21(33)30(8,37)23-19(32)14-27(5)20-10-9-16-17(13-18(31)24(35)26(16,3)4)29(20,7)22(34)15-28(23,27)6/h9,17-20,23-24,31-32,35-37H,10-15H2,1-8H3/t17-,18-,19+,20+,23+,24+,27-,28+,29-,30-/m0/s1. The van der Waals surface area contributed by atoms with Gasteiger partial charge in [-0.1, -0.05) is 46.3 Å². The number of hydrogen-bond donors (Lipinski definition) is 5. The summed E-state index contributed by atoms with van der Waals surface area (Å²) in [6, 6.07) is 0. The Balaban J connectivity index is 1.76. The Morgan fingerprint density at radius 2 is 1.59 bits per heavy atom. The zero-order chi connectivity index (χ0) is 28.1. The molecule has 10 atom stereocenters. The normalized spacial score (nSPS) is 46.8.